The highest BCUT2D eigenvalue weighted by molar-refractivity contribution is 5.74. The molecular weight excluding hydrogens is 524 g/mol. The van der Waals surface area contributed by atoms with Crippen molar-refractivity contribution in [2.45, 2.75) is 76.7 Å². The minimum absolute atomic E-state index is 0.102. The van der Waals surface area contributed by atoms with Crippen LogP contribution < -0.4 is 4.90 Å². The predicted octanol–water partition coefficient (Wildman–Crippen LogP) is 6.11. The van der Waals surface area contributed by atoms with Crippen molar-refractivity contribution in [1.29, 1.82) is 0 Å². The van der Waals surface area contributed by atoms with Crippen LogP contribution in [0.25, 0.3) is 11.0 Å². The predicted molar refractivity (Wildman–Crippen MR) is 167 cm³/mol. The van der Waals surface area contributed by atoms with E-state index in [0.717, 1.165) is 75.5 Å². The molecule has 7 nitrogen and oxygen atoms in total. The molecule has 4 heterocycles. The Morgan fingerprint density at radius 3 is 2.69 bits per heavy atom. The molecule has 0 bridgehead atoms. The summed E-state index contributed by atoms with van der Waals surface area (Å²) in [5.74, 6) is 1.28. The Morgan fingerprint density at radius 1 is 1.07 bits per heavy atom. The number of hydrogen-bond acceptors (Lipinski definition) is 7. The van der Waals surface area contributed by atoms with E-state index in [4.69, 9.17) is 14.5 Å². The SMILES string of the molecule is CC(C)(C)OC(=O)C[C@@H](CN1CC[C@@H](CCc2ccc3cccnc3n2)C1)c1cc(C2CC2)cc(N2CCOCC2)c1. The average Bonchev–Trinajstić information content (AvgIpc) is 3.74. The normalized spacial score (nSPS) is 20.6. The molecule has 3 aliphatic rings. The van der Waals surface area contributed by atoms with E-state index in [1.54, 1.807) is 0 Å². The highest BCUT2D eigenvalue weighted by atomic mass is 16.6. The summed E-state index contributed by atoms with van der Waals surface area (Å²) in [7, 11) is 0. The molecule has 0 N–H and O–H groups in total. The summed E-state index contributed by atoms with van der Waals surface area (Å²) in [5, 5.41) is 1.09. The lowest BCUT2D eigenvalue weighted by molar-refractivity contribution is -0.155. The Kier molecular flexibility index (Phi) is 8.77. The van der Waals surface area contributed by atoms with Gasteiger partial charge >= 0.3 is 5.97 Å². The molecule has 224 valence electrons. The van der Waals surface area contributed by atoms with Crippen LogP contribution in [0.4, 0.5) is 5.69 Å². The second-order valence-electron chi connectivity index (χ2n) is 13.5. The van der Waals surface area contributed by atoms with Crippen LogP contribution >= 0.6 is 0 Å². The molecule has 2 atom stereocenters. The van der Waals surface area contributed by atoms with Crippen LogP contribution in [0.2, 0.25) is 0 Å². The summed E-state index contributed by atoms with van der Waals surface area (Å²) in [5.41, 5.74) is 5.46. The van der Waals surface area contributed by atoms with Gasteiger partial charge in [0, 0.05) is 55.1 Å². The Hall–Kier alpha value is -3.03. The Balaban J connectivity index is 1.16. The van der Waals surface area contributed by atoms with Gasteiger partial charge in [-0.15, -0.1) is 0 Å². The van der Waals surface area contributed by atoms with Crippen LogP contribution in [0.1, 0.15) is 81.5 Å². The first-order chi connectivity index (χ1) is 20.3. The lowest BCUT2D eigenvalue weighted by atomic mass is 9.91. The maximum absolute atomic E-state index is 13.2. The molecular formula is C35H46N4O3. The largest absolute Gasteiger partial charge is 0.460 e. The Bertz CT molecular complexity index is 1380. The minimum Gasteiger partial charge on any atom is -0.460 e. The highest BCUT2D eigenvalue weighted by Gasteiger charge is 2.31. The molecule has 7 heteroatoms. The first-order valence-corrected chi connectivity index (χ1v) is 15.9. The van der Waals surface area contributed by atoms with E-state index in [9.17, 15) is 4.79 Å². The molecule has 2 aliphatic heterocycles. The molecule has 3 fully saturated rings. The molecule has 2 saturated heterocycles. The molecule has 1 aliphatic carbocycles. The first kappa shape index (κ1) is 29.1. The summed E-state index contributed by atoms with van der Waals surface area (Å²) in [4.78, 5) is 27.4. The monoisotopic (exact) mass is 570 g/mol. The lowest BCUT2D eigenvalue weighted by Gasteiger charge is -2.31. The number of fused-ring (bicyclic) bond motifs is 1. The van der Waals surface area contributed by atoms with Crippen molar-refractivity contribution in [3.05, 3.63) is 65.5 Å². The zero-order valence-corrected chi connectivity index (χ0v) is 25.6. The number of aromatic nitrogens is 2. The zero-order chi connectivity index (χ0) is 29.1. The smallest absolute Gasteiger partial charge is 0.306 e. The number of aryl methyl sites for hydroxylation is 1. The Morgan fingerprint density at radius 2 is 1.90 bits per heavy atom. The van der Waals surface area contributed by atoms with E-state index < -0.39 is 5.60 Å². The number of esters is 1. The maximum atomic E-state index is 13.2. The number of morpholine rings is 1. The van der Waals surface area contributed by atoms with Crippen LogP contribution in [0.3, 0.4) is 0 Å². The molecule has 0 amide bonds. The Labute approximate surface area is 250 Å². The zero-order valence-electron chi connectivity index (χ0n) is 25.6. The van der Waals surface area contributed by atoms with Gasteiger partial charge in [0.1, 0.15) is 5.60 Å². The van der Waals surface area contributed by atoms with Gasteiger partial charge in [0.05, 0.1) is 19.6 Å². The van der Waals surface area contributed by atoms with E-state index in [1.165, 1.54) is 36.1 Å². The fraction of sp³-hybridized carbons (Fsp3) is 0.571. The molecule has 2 aromatic heterocycles. The first-order valence-electron chi connectivity index (χ1n) is 15.9. The van der Waals surface area contributed by atoms with Gasteiger partial charge in [-0.1, -0.05) is 6.07 Å². The second kappa shape index (κ2) is 12.7. The molecule has 1 saturated carbocycles. The standard InChI is InChI=1S/C35H46N4O3/c1-35(2,3)42-33(40)22-30(29-19-28(26-7-8-26)20-32(21-29)39-15-17-41-18-16-39)24-38-14-12-25(23-38)6-10-31-11-9-27-5-4-13-36-34(27)37-31/h4-5,9,11,13,19-21,25-26,30H,6-8,10,12,14-18,22-24H2,1-3H3/t25-,30+/m1/s1. The van der Waals surface area contributed by atoms with E-state index in [2.05, 4.69) is 51.2 Å². The van der Waals surface area contributed by atoms with Crippen LogP contribution in [0, 0.1) is 5.92 Å². The molecule has 1 aromatic carbocycles. The highest BCUT2D eigenvalue weighted by Crippen LogP contribution is 2.43. The molecule has 0 unspecified atom stereocenters. The summed E-state index contributed by atoms with van der Waals surface area (Å²) in [6.07, 6.45) is 8.02. The number of benzene rings is 1. The topological polar surface area (TPSA) is 67.8 Å². The number of pyridine rings is 2. The number of carbonyl (C=O) groups is 1. The maximum Gasteiger partial charge on any atom is 0.306 e. The van der Waals surface area contributed by atoms with Crippen LogP contribution in [0.15, 0.2) is 48.7 Å². The summed E-state index contributed by atoms with van der Waals surface area (Å²) in [6, 6.07) is 15.4. The van der Waals surface area contributed by atoms with Crippen LogP contribution in [-0.2, 0) is 20.7 Å². The summed E-state index contributed by atoms with van der Waals surface area (Å²) in [6.45, 7) is 12.2. The van der Waals surface area contributed by atoms with Gasteiger partial charge in [-0.3, -0.25) is 4.79 Å². The van der Waals surface area contributed by atoms with Crippen molar-refractivity contribution in [2.24, 2.45) is 5.92 Å². The molecule has 6 rings (SSSR count). The van der Waals surface area contributed by atoms with E-state index >= 15 is 0 Å². The van der Waals surface area contributed by atoms with E-state index in [-0.39, 0.29) is 11.9 Å². The van der Waals surface area contributed by atoms with Crippen molar-refractivity contribution in [3.8, 4) is 0 Å². The third kappa shape index (κ3) is 7.67. The lowest BCUT2D eigenvalue weighted by Crippen LogP contribution is -2.36. The van der Waals surface area contributed by atoms with Gasteiger partial charge < -0.3 is 19.3 Å². The number of anilines is 1. The van der Waals surface area contributed by atoms with Gasteiger partial charge in [-0.05, 0) is 119 Å². The summed E-state index contributed by atoms with van der Waals surface area (Å²) >= 11 is 0. The fourth-order valence-corrected chi connectivity index (χ4v) is 6.53. The summed E-state index contributed by atoms with van der Waals surface area (Å²) < 4.78 is 11.5. The third-order valence-electron chi connectivity index (χ3n) is 8.87. The van der Waals surface area contributed by atoms with E-state index in [1.807, 2.05) is 33.0 Å². The number of ether oxygens (including phenoxy) is 2. The minimum atomic E-state index is -0.485. The number of hydrogen-bond donors (Lipinski definition) is 0. The quantitative estimate of drug-likeness (QED) is 0.272. The van der Waals surface area contributed by atoms with Gasteiger partial charge in [0.2, 0.25) is 0 Å². The molecule has 0 spiro atoms. The third-order valence-corrected chi connectivity index (χ3v) is 8.87. The van der Waals surface area contributed by atoms with Gasteiger partial charge in [0.25, 0.3) is 0 Å². The number of carbonyl (C=O) groups excluding carboxylic acids is 1. The fourth-order valence-electron chi connectivity index (χ4n) is 6.53. The van der Waals surface area contributed by atoms with E-state index in [0.29, 0.717) is 18.3 Å². The van der Waals surface area contributed by atoms with Crippen molar-refractivity contribution in [2.75, 3.05) is 50.8 Å². The van der Waals surface area contributed by atoms with Crippen LogP contribution in [0.5, 0.6) is 0 Å². The second-order valence-corrected chi connectivity index (χ2v) is 13.5. The molecule has 0 radical (unpaired) electrons. The van der Waals surface area contributed by atoms with Crippen molar-refractivity contribution >= 4 is 22.7 Å². The van der Waals surface area contributed by atoms with Crippen molar-refractivity contribution in [3.63, 3.8) is 0 Å². The van der Waals surface area contributed by atoms with Gasteiger partial charge in [-0.2, -0.15) is 0 Å². The molecule has 42 heavy (non-hydrogen) atoms. The number of likely N-dealkylation sites (tertiary alicyclic amines) is 1. The van der Waals surface area contributed by atoms with Gasteiger partial charge in [0.15, 0.2) is 5.65 Å². The van der Waals surface area contributed by atoms with Crippen molar-refractivity contribution in [1.82, 2.24) is 14.9 Å². The van der Waals surface area contributed by atoms with Gasteiger partial charge in [-0.25, -0.2) is 9.97 Å². The van der Waals surface area contributed by atoms with Crippen molar-refractivity contribution < 1.29 is 14.3 Å². The number of nitrogens with zero attached hydrogens (tertiary/aromatic N) is 4. The number of rotatable bonds is 10. The average molecular weight is 571 g/mol. The van der Waals surface area contributed by atoms with Crippen LogP contribution in [-0.4, -0.2) is 72.4 Å². The molecule has 3 aromatic rings.